The Hall–Kier alpha value is -1.23. The zero-order chi connectivity index (χ0) is 13.1. The van der Waals surface area contributed by atoms with Crippen LogP contribution in [0.15, 0.2) is 27.8 Å². The summed E-state index contributed by atoms with van der Waals surface area (Å²) in [4.78, 5) is 16.3. The van der Waals surface area contributed by atoms with Gasteiger partial charge in [-0.25, -0.2) is 0 Å². The third-order valence-corrected chi connectivity index (χ3v) is 3.71. The minimum atomic E-state index is 0.0242. The van der Waals surface area contributed by atoms with E-state index in [0.717, 1.165) is 10.2 Å². The van der Waals surface area contributed by atoms with Crippen LogP contribution in [-0.2, 0) is 4.79 Å². The molecular formula is C11H10BrClN4O. The Bertz CT molecular complexity index is 530. The van der Waals surface area contributed by atoms with E-state index in [9.17, 15) is 4.79 Å². The Balaban J connectivity index is 2.21. The Morgan fingerprint density at radius 1 is 1.61 bits per heavy atom. The topological polar surface area (TPSA) is 69.1 Å². The van der Waals surface area contributed by atoms with Crippen molar-refractivity contribution in [1.82, 2.24) is 0 Å². The molecule has 0 radical (unpaired) electrons. The van der Waals surface area contributed by atoms with E-state index in [0.29, 0.717) is 24.5 Å². The molecule has 94 valence electrons. The predicted octanol–water partition coefficient (Wildman–Crippen LogP) is 3.77. The molecule has 1 heterocycles. The minimum absolute atomic E-state index is 0.0242. The lowest BCUT2D eigenvalue weighted by Gasteiger charge is -2.18. The highest BCUT2D eigenvalue weighted by Gasteiger charge is 2.31. The maximum Gasteiger partial charge on any atom is 0.227 e. The number of benzene rings is 1. The Kier molecular flexibility index (Phi) is 4.11. The van der Waals surface area contributed by atoms with Gasteiger partial charge in [0.25, 0.3) is 0 Å². The smallest absolute Gasteiger partial charge is 0.227 e. The molecule has 5 nitrogen and oxygen atoms in total. The molecule has 0 N–H and O–H groups in total. The lowest BCUT2D eigenvalue weighted by Crippen LogP contribution is -2.25. The van der Waals surface area contributed by atoms with E-state index in [2.05, 4.69) is 26.0 Å². The monoisotopic (exact) mass is 328 g/mol. The van der Waals surface area contributed by atoms with Crippen LogP contribution in [-0.4, -0.2) is 19.0 Å². The van der Waals surface area contributed by atoms with Crippen molar-refractivity contribution in [2.24, 2.45) is 11.0 Å². The first-order valence-corrected chi connectivity index (χ1v) is 6.55. The normalized spacial score (nSPS) is 18.9. The zero-order valence-corrected chi connectivity index (χ0v) is 11.7. The van der Waals surface area contributed by atoms with Gasteiger partial charge in [0.05, 0.1) is 5.69 Å². The number of hydrogen-bond donors (Lipinski definition) is 0. The predicted molar refractivity (Wildman–Crippen MR) is 73.6 cm³/mol. The SMILES string of the molecule is [N-]=[N+]=NCC1CC(=O)N(c2cc(Cl)ccc2Br)C1. The maximum atomic E-state index is 11.9. The summed E-state index contributed by atoms with van der Waals surface area (Å²) in [5.74, 6) is 0.0930. The van der Waals surface area contributed by atoms with Crippen molar-refractivity contribution >= 4 is 39.1 Å². The molecule has 1 amide bonds. The number of nitrogens with zero attached hydrogens (tertiary/aromatic N) is 4. The van der Waals surface area contributed by atoms with Gasteiger partial charge in [-0.1, -0.05) is 16.7 Å². The first-order valence-electron chi connectivity index (χ1n) is 5.38. The van der Waals surface area contributed by atoms with Crippen LogP contribution in [0, 0.1) is 5.92 Å². The van der Waals surface area contributed by atoms with Crippen molar-refractivity contribution in [2.45, 2.75) is 6.42 Å². The van der Waals surface area contributed by atoms with Crippen LogP contribution < -0.4 is 4.90 Å². The van der Waals surface area contributed by atoms with Gasteiger partial charge in [0.15, 0.2) is 0 Å². The van der Waals surface area contributed by atoms with Crippen molar-refractivity contribution in [3.63, 3.8) is 0 Å². The van der Waals surface area contributed by atoms with Crippen LogP contribution in [0.2, 0.25) is 5.02 Å². The number of azide groups is 1. The number of halogens is 2. The van der Waals surface area contributed by atoms with E-state index in [1.54, 1.807) is 17.0 Å². The molecule has 1 aromatic rings. The molecule has 1 fully saturated rings. The van der Waals surface area contributed by atoms with E-state index >= 15 is 0 Å². The standard InChI is InChI=1S/C11H10BrClN4O/c12-9-2-1-8(13)4-10(9)17-6-7(3-11(17)18)5-15-16-14/h1-2,4,7H,3,5-6H2. The molecule has 1 aliphatic rings. The fraction of sp³-hybridized carbons (Fsp3) is 0.364. The number of carbonyl (C=O) groups is 1. The van der Waals surface area contributed by atoms with Gasteiger partial charge in [-0.05, 0) is 45.6 Å². The summed E-state index contributed by atoms with van der Waals surface area (Å²) in [6.07, 6.45) is 0.401. The third-order valence-electron chi connectivity index (χ3n) is 2.81. The highest BCUT2D eigenvalue weighted by Crippen LogP contribution is 2.33. The van der Waals surface area contributed by atoms with Gasteiger partial charge in [-0.15, -0.1) is 0 Å². The molecule has 1 aromatic carbocycles. The number of anilines is 1. The van der Waals surface area contributed by atoms with Gasteiger partial charge in [-0.2, -0.15) is 0 Å². The molecule has 0 spiro atoms. The fourth-order valence-corrected chi connectivity index (χ4v) is 2.61. The molecule has 18 heavy (non-hydrogen) atoms. The van der Waals surface area contributed by atoms with E-state index in [1.165, 1.54) is 0 Å². The molecule has 1 atom stereocenters. The van der Waals surface area contributed by atoms with Gasteiger partial charge < -0.3 is 4.90 Å². The van der Waals surface area contributed by atoms with Crippen LogP contribution in [0.1, 0.15) is 6.42 Å². The van der Waals surface area contributed by atoms with E-state index in [-0.39, 0.29) is 11.8 Å². The van der Waals surface area contributed by atoms with Gasteiger partial charge in [-0.3, -0.25) is 4.79 Å². The molecule has 1 saturated heterocycles. The van der Waals surface area contributed by atoms with Crippen LogP contribution in [0.4, 0.5) is 5.69 Å². The highest BCUT2D eigenvalue weighted by atomic mass is 79.9. The van der Waals surface area contributed by atoms with Crippen molar-refractivity contribution in [3.05, 3.63) is 38.1 Å². The van der Waals surface area contributed by atoms with Crippen molar-refractivity contribution < 1.29 is 4.79 Å². The van der Waals surface area contributed by atoms with Gasteiger partial charge >= 0.3 is 0 Å². The lowest BCUT2D eigenvalue weighted by molar-refractivity contribution is -0.117. The third kappa shape index (κ3) is 2.77. The molecule has 1 aliphatic heterocycles. The molecule has 0 saturated carbocycles. The fourth-order valence-electron chi connectivity index (χ4n) is 1.98. The van der Waals surface area contributed by atoms with E-state index < -0.39 is 0 Å². The largest absolute Gasteiger partial charge is 0.311 e. The average molecular weight is 330 g/mol. The Morgan fingerprint density at radius 2 is 2.39 bits per heavy atom. The first kappa shape index (κ1) is 13.2. The highest BCUT2D eigenvalue weighted by molar-refractivity contribution is 9.10. The average Bonchev–Trinajstić information content (AvgIpc) is 2.71. The van der Waals surface area contributed by atoms with Crippen molar-refractivity contribution in [2.75, 3.05) is 18.0 Å². The molecule has 1 unspecified atom stereocenters. The van der Waals surface area contributed by atoms with Crippen molar-refractivity contribution in [1.29, 1.82) is 0 Å². The minimum Gasteiger partial charge on any atom is -0.311 e. The summed E-state index contributed by atoms with van der Waals surface area (Å²) >= 11 is 9.34. The summed E-state index contributed by atoms with van der Waals surface area (Å²) in [6, 6.07) is 5.32. The van der Waals surface area contributed by atoms with Gasteiger partial charge in [0, 0.05) is 33.9 Å². The second-order valence-corrected chi connectivity index (χ2v) is 5.37. The molecule has 0 bridgehead atoms. The summed E-state index contributed by atoms with van der Waals surface area (Å²) in [7, 11) is 0. The molecule has 0 aromatic heterocycles. The summed E-state index contributed by atoms with van der Waals surface area (Å²) < 4.78 is 0.824. The maximum absolute atomic E-state index is 11.9. The van der Waals surface area contributed by atoms with Crippen LogP contribution >= 0.6 is 27.5 Å². The quantitative estimate of drug-likeness (QED) is 0.473. The molecular weight excluding hydrogens is 320 g/mol. The lowest BCUT2D eigenvalue weighted by atomic mass is 10.1. The molecule has 2 rings (SSSR count). The van der Waals surface area contributed by atoms with Gasteiger partial charge in [0.2, 0.25) is 5.91 Å². The molecule has 0 aliphatic carbocycles. The Morgan fingerprint density at radius 3 is 3.11 bits per heavy atom. The van der Waals surface area contributed by atoms with Crippen molar-refractivity contribution in [3.8, 4) is 0 Å². The number of carbonyl (C=O) groups excluding carboxylic acids is 1. The Labute approximate surface area is 117 Å². The summed E-state index contributed by atoms with van der Waals surface area (Å²) in [5.41, 5.74) is 9.05. The number of hydrogen-bond acceptors (Lipinski definition) is 2. The zero-order valence-electron chi connectivity index (χ0n) is 9.38. The summed E-state index contributed by atoms with van der Waals surface area (Å²) in [5, 5.41) is 4.10. The number of rotatable bonds is 3. The van der Waals surface area contributed by atoms with E-state index in [1.807, 2.05) is 6.07 Å². The van der Waals surface area contributed by atoms with Crippen LogP contribution in [0.3, 0.4) is 0 Å². The second kappa shape index (κ2) is 5.61. The van der Waals surface area contributed by atoms with Crippen LogP contribution in [0.5, 0.6) is 0 Å². The van der Waals surface area contributed by atoms with E-state index in [4.69, 9.17) is 17.1 Å². The van der Waals surface area contributed by atoms with Gasteiger partial charge in [0.1, 0.15) is 0 Å². The van der Waals surface area contributed by atoms with Crippen LogP contribution in [0.25, 0.3) is 10.4 Å². The molecule has 7 heteroatoms. The first-order chi connectivity index (χ1) is 8.61. The second-order valence-electron chi connectivity index (χ2n) is 4.08. The number of amides is 1. The summed E-state index contributed by atoms with van der Waals surface area (Å²) in [6.45, 7) is 0.897.